The molecule has 0 aliphatic carbocycles. The Morgan fingerprint density at radius 3 is 2.64 bits per heavy atom. The first-order valence-electron chi connectivity index (χ1n) is 8.66. The molecule has 1 aromatic carbocycles. The van der Waals surface area contributed by atoms with Crippen LogP contribution in [0, 0.1) is 0 Å². The van der Waals surface area contributed by atoms with E-state index in [1.807, 2.05) is 24.3 Å². The Bertz CT molecular complexity index is 516. The van der Waals surface area contributed by atoms with Crippen molar-refractivity contribution in [1.82, 2.24) is 0 Å². The van der Waals surface area contributed by atoms with E-state index in [2.05, 4.69) is 22.9 Å². The average molecular weight is 436 g/mol. The van der Waals surface area contributed by atoms with Gasteiger partial charge in [-0.2, -0.15) is 0 Å². The summed E-state index contributed by atoms with van der Waals surface area (Å²) in [5.74, 6) is -0.00707. The number of nitrogens with two attached hydrogens (primary N) is 1. The second kappa shape index (κ2) is 11.9. The van der Waals surface area contributed by atoms with Crippen molar-refractivity contribution in [3.8, 4) is 0 Å². The van der Waals surface area contributed by atoms with Gasteiger partial charge in [-0.1, -0.05) is 29.3 Å². The molecule has 1 amide bonds. The Balaban J connectivity index is 0.00000312. The van der Waals surface area contributed by atoms with Crippen LogP contribution < -0.4 is 10.6 Å². The number of ether oxygens (including phenoxy) is 2. The summed E-state index contributed by atoms with van der Waals surface area (Å²) in [6.45, 7) is 4.37. The highest BCUT2D eigenvalue weighted by molar-refractivity contribution is 9.10. The van der Waals surface area contributed by atoms with Gasteiger partial charge in [0.25, 0.3) is 5.91 Å². The van der Waals surface area contributed by atoms with Gasteiger partial charge in [-0.3, -0.25) is 4.79 Å². The molecule has 0 unspecified atom stereocenters. The zero-order chi connectivity index (χ0) is 17.4. The molecule has 0 bridgehead atoms. The van der Waals surface area contributed by atoms with Gasteiger partial charge in [0.05, 0.1) is 12.7 Å². The van der Waals surface area contributed by atoms with Crippen LogP contribution in [0.25, 0.3) is 0 Å². The van der Waals surface area contributed by atoms with Gasteiger partial charge in [-0.25, -0.2) is 0 Å². The van der Waals surface area contributed by atoms with E-state index in [9.17, 15) is 4.79 Å². The molecule has 142 valence electrons. The quantitative estimate of drug-likeness (QED) is 0.603. The Labute approximate surface area is 164 Å². The summed E-state index contributed by atoms with van der Waals surface area (Å²) in [6, 6.07) is 7.74. The van der Waals surface area contributed by atoms with Crippen molar-refractivity contribution < 1.29 is 14.3 Å². The number of carbonyl (C=O) groups is 1. The molecule has 0 spiro atoms. The van der Waals surface area contributed by atoms with Gasteiger partial charge in [0.2, 0.25) is 0 Å². The summed E-state index contributed by atoms with van der Waals surface area (Å²) in [5, 5.41) is 0. The standard InChI is InChI=1S/C18H27BrN2O3.ClH/c1-2-3-11-23-12-10-21(15-6-4-14(19)5-7-15)18(22)17-9-8-16(13-20)24-17;/h4-7,16-17H,2-3,8-13,20H2,1H3;1H/t16-,17+;/m1./s1. The van der Waals surface area contributed by atoms with Gasteiger partial charge in [0, 0.05) is 29.9 Å². The van der Waals surface area contributed by atoms with Crippen molar-refractivity contribution in [2.45, 2.75) is 44.8 Å². The summed E-state index contributed by atoms with van der Waals surface area (Å²) in [7, 11) is 0. The summed E-state index contributed by atoms with van der Waals surface area (Å²) in [6.07, 6.45) is 3.30. The highest BCUT2D eigenvalue weighted by atomic mass is 79.9. The molecule has 2 atom stereocenters. The number of carbonyl (C=O) groups excluding carboxylic acids is 1. The zero-order valence-corrected chi connectivity index (χ0v) is 17.1. The van der Waals surface area contributed by atoms with Crippen LogP contribution in [0.2, 0.25) is 0 Å². The first kappa shape index (κ1) is 22.4. The summed E-state index contributed by atoms with van der Waals surface area (Å²) in [5.41, 5.74) is 6.51. The van der Waals surface area contributed by atoms with Crippen molar-refractivity contribution in [3.05, 3.63) is 28.7 Å². The topological polar surface area (TPSA) is 64.8 Å². The molecule has 25 heavy (non-hydrogen) atoms. The zero-order valence-electron chi connectivity index (χ0n) is 14.7. The molecular weight excluding hydrogens is 408 g/mol. The maximum atomic E-state index is 12.9. The first-order chi connectivity index (χ1) is 11.7. The molecule has 5 nitrogen and oxygen atoms in total. The van der Waals surface area contributed by atoms with E-state index < -0.39 is 6.10 Å². The molecular formula is C18H28BrClN2O3. The minimum Gasteiger partial charge on any atom is -0.380 e. The number of amides is 1. The van der Waals surface area contributed by atoms with Crippen molar-refractivity contribution in [2.75, 3.05) is 31.2 Å². The molecule has 7 heteroatoms. The van der Waals surface area contributed by atoms with Crippen LogP contribution in [-0.4, -0.2) is 44.4 Å². The van der Waals surface area contributed by atoms with Crippen LogP contribution in [0.15, 0.2) is 28.7 Å². The van der Waals surface area contributed by atoms with E-state index in [1.54, 1.807) is 4.90 Å². The SMILES string of the molecule is CCCCOCCN(C(=O)[C@@H]1CC[C@H](CN)O1)c1ccc(Br)cc1.Cl. The molecule has 0 saturated carbocycles. The molecule has 1 aliphatic heterocycles. The van der Waals surface area contributed by atoms with Gasteiger partial charge >= 0.3 is 0 Å². The fourth-order valence-corrected chi connectivity index (χ4v) is 2.99. The fraction of sp³-hybridized carbons (Fsp3) is 0.611. The number of rotatable bonds is 9. The van der Waals surface area contributed by atoms with Crippen LogP contribution >= 0.6 is 28.3 Å². The average Bonchev–Trinajstić information content (AvgIpc) is 3.08. The number of hydrogen-bond acceptors (Lipinski definition) is 4. The van der Waals surface area contributed by atoms with E-state index in [-0.39, 0.29) is 24.4 Å². The van der Waals surface area contributed by atoms with Gasteiger partial charge in [0.1, 0.15) is 6.10 Å². The first-order valence-corrected chi connectivity index (χ1v) is 9.45. The molecule has 1 heterocycles. The van der Waals surface area contributed by atoms with Gasteiger partial charge in [0.15, 0.2) is 0 Å². The Morgan fingerprint density at radius 1 is 1.32 bits per heavy atom. The second-order valence-electron chi connectivity index (χ2n) is 5.99. The summed E-state index contributed by atoms with van der Waals surface area (Å²) < 4.78 is 12.4. The minimum absolute atomic E-state index is 0. The third-order valence-corrected chi connectivity index (χ3v) is 4.68. The predicted molar refractivity (Wildman–Crippen MR) is 106 cm³/mol. The number of anilines is 1. The van der Waals surface area contributed by atoms with E-state index in [0.717, 1.165) is 42.5 Å². The summed E-state index contributed by atoms with van der Waals surface area (Å²) in [4.78, 5) is 14.7. The van der Waals surface area contributed by atoms with Gasteiger partial charge in [-0.15, -0.1) is 12.4 Å². The highest BCUT2D eigenvalue weighted by Crippen LogP contribution is 2.25. The lowest BCUT2D eigenvalue weighted by atomic mass is 10.1. The summed E-state index contributed by atoms with van der Waals surface area (Å²) >= 11 is 3.43. The van der Waals surface area contributed by atoms with E-state index in [0.29, 0.717) is 19.7 Å². The van der Waals surface area contributed by atoms with Crippen molar-refractivity contribution in [2.24, 2.45) is 5.73 Å². The molecule has 1 aliphatic rings. The smallest absolute Gasteiger partial charge is 0.256 e. The van der Waals surface area contributed by atoms with Crippen molar-refractivity contribution >= 4 is 39.9 Å². The number of benzene rings is 1. The lowest BCUT2D eigenvalue weighted by Gasteiger charge is -2.26. The third kappa shape index (κ3) is 6.87. The predicted octanol–water partition coefficient (Wildman–Crippen LogP) is 3.53. The monoisotopic (exact) mass is 434 g/mol. The normalized spacial score (nSPS) is 19.5. The molecule has 2 N–H and O–H groups in total. The number of hydrogen-bond donors (Lipinski definition) is 1. The number of halogens is 2. The third-order valence-electron chi connectivity index (χ3n) is 4.15. The largest absolute Gasteiger partial charge is 0.380 e. The Kier molecular flexibility index (Phi) is 10.6. The lowest BCUT2D eigenvalue weighted by Crippen LogP contribution is -2.41. The molecule has 0 aromatic heterocycles. The highest BCUT2D eigenvalue weighted by Gasteiger charge is 2.33. The van der Waals surface area contributed by atoms with Crippen LogP contribution in [0.3, 0.4) is 0 Å². The number of unbranched alkanes of at least 4 members (excludes halogenated alkanes) is 1. The van der Waals surface area contributed by atoms with E-state index in [1.165, 1.54) is 0 Å². The van der Waals surface area contributed by atoms with Gasteiger partial charge < -0.3 is 20.1 Å². The molecule has 1 fully saturated rings. The Hall–Kier alpha value is -0.660. The Morgan fingerprint density at radius 2 is 2.04 bits per heavy atom. The van der Waals surface area contributed by atoms with Crippen molar-refractivity contribution in [3.63, 3.8) is 0 Å². The molecule has 1 saturated heterocycles. The fourth-order valence-electron chi connectivity index (χ4n) is 2.73. The van der Waals surface area contributed by atoms with Crippen LogP contribution in [0.5, 0.6) is 0 Å². The minimum atomic E-state index is -0.405. The number of nitrogens with zero attached hydrogens (tertiary/aromatic N) is 1. The van der Waals surface area contributed by atoms with Crippen LogP contribution in [-0.2, 0) is 14.3 Å². The molecule has 0 radical (unpaired) electrons. The maximum absolute atomic E-state index is 12.9. The van der Waals surface area contributed by atoms with Gasteiger partial charge in [-0.05, 0) is 43.5 Å². The maximum Gasteiger partial charge on any atom is 0.256 e. The molecule has 2 rings (SSSR count). The van der Waals surface area contributed by atoms with E-state index >= 15 is 0 Å². The van der Waals surface area contributed by atoms with Crippen molar-refractivity contribution in [1.29, 1.82) is 0 Å². The lowest BCUT2D eigenvalue weighted by molar-refractivity contribution is -0.129. The molecule has 1 aromatic rings. The van der Waals surface area contributed by atoms with Crippen LogP contribution in [0.1, 0.15) is 32.6 Å². The second-order valence-corrected chi connectivity index (χ2v) is 6.91. The van der Waals surface area contributed by atoms with E-state index in [4.69, 9.17) is 15.2 Å². The van der Waals surface area contributed by atoms with Crippen LogP contribution in [0.4, 0.5) is 5.69 Å².